The van der Waals surface area contributed by atoms with Crippen LogP contribution in [0.15, 0.2) is 18.5 Å². The highest BCUT2D eigenvalue weighted by atomic mass is 28.3. The molecule has 12 heavy (non-hydrogen) atoms. The van der Waals surface area contributed by atoms with Crippen molar-refractivity contribution in [2.45, 2.75) is 19.6 Å². The van der Waals surface area contributed by atoms with E-state index in [9.17, 15) is 0 Å². The van der Waals surface area contributed by atoms with Crippen LogP contribution in [0, 0.1) is 0 Å². The molecule has 1 heterocycles. The Morgan fingerprint density at radius 2 is 1.67 bits per heavy atom. The largest absolute Gasteiger partial charge is 0.371 e. The Labute approximate surface area is 74.6 Å². The summed E-state index contributed by atoms with van der Waals surface area (Å²) in [6, 6.07) is 1.83. The van der Waals surface area contributed by atoms with E-state index in [0.717, 1.165) is 5.95 Å². The lowest BCUT2D eigenvalue weighted by Gasteiger charge is -2.29. The minimum atomic E-state index is -1.29. The Hall–Kier alpha value is -0.903. The van der Waals surface area contributed by atoms with Gasteiger partial charge in [-0.15, -0.1) is 0 Å². The first-order chi connectivity index (χ1) is 5.52. The molecule has 4 heteroatoms. The summed E-state index contributed by atoms with van der Waals surface area (Å²) in [5, 5.41) is 0. The van der Waals surface area contributed by atoms with Gasteiger partial charge in [0.1, 0.15) is 0 Å². The van der Waals surface area contributed by atoms with E-state index in [4.69, 9.17) is 0 Å². The van der Waals surface area contributed by atoms with Crippen molar-refractivity contribution in [3.63, 3.8) is 0 Å². The molecule has 1 aromatic rings. The molecule has 0 aromatic carbocycles. The second kappa shape index (κ2) is 3.22. The van der Waals surface area contributed by atoms with Crippen LogP contribution in [0.3, 0.4) is 0 Å². The molecule has 0 saturated carbocycles. The van der Waals surface area contributed by atoms with Crippen molar-refractivity contribution in [1.29, 1.82) is 0 Å². The second-order valence-electron chi connectivity index (χ2n) is 3.78. The highest BCUT2D eigenvalue weighted by Gasteiger charge is 2.21. The molecule has 1 rings (SSSR count). The van der Waals surface area contributed by atoms with Gasteiger partial charge < -0.3 is 4.57 Å². The number of hydrogen-bond acceptors (Lipinski definition) is 3. The molecule has 0 aliphatic rings. The monoisotopic (exact) mass is 181 g/mol. The predicted molar refractivity (Wildman–Crippen MR) is 53.8 cm³/mol. The third kappa shape index (κ3) is 2.04. The molecule has 0 bridgehead atoms. The summed E-state index contributed by atoms with van der Waals surface area (Å²) in [7, 11) is 0.764. The van der Waals surface area contributed by atoms with Gasteiger partial charge in [0.15, 0.2) is 8.24 Å². The molecule has 0 aliphatic carbocycles. The van der Waals surface area contributed by atoms with Gasteiger partial charge in [0, 0.05) is 19.4 Å². The van der Waals surface area contributed by atoms with Gasteiger partial charge in [-0.3, -0.25) is 0 Å². The predicted octanol–water partition coefficient (Wildman–Crippen LogP) is 1.75. The van der Waals surface area contributed by atoms with E-state index in [2.05, 4.69) is 41.2 Å². The van der Waals surface area contributed by atoms with Crippen LogP contribution in [0.1, 0.15) is 0 Å². The van der Waals surface area contributed by atoms with Crippen molar-refractivity contribution in [2.75, 3.05) is 11.6 Å². The van der Waals surface area contributed by atoms with E-state index in [1.165, 1.54) is 0 Å². The number of aromatic nitrogens is 2. The Balaban J connectivity index is 2.86. The maximum absolute atomic E-state index is 4.19. The number of hydrogen-bond donors (Lipinski definition) is 0. The maximum atomic E-state index is 4.19. The zero-order valence-electron chi connectivity index (χ0n) is 8.07. The van der Waals surface area contributed by atoms with Gasteiger partial charge in [-0.05, 0) is 6.07 Å². The van der Waals surface area contributed by atoms with E-state index in [1.807, 2.05) is 6.07 Å². The fraction of sp³-hybridized carbons (Fsp3) is 0.500. The number of anilines is 1. The topological polar surface area (TPSA) is 29.0 Å². The first-order valence-electron chi connectivity index (χ1n) is 4.02. The van der Waals surface area contributed by atoms with E-state index < -0.39 is 8.24 Å². The molecular weight excluding hydrogens is 166 g/mol. The SMILES string of the molecule is CN(c1ncccn1)[Si](C)(C)C. The van der Waals surface area contributed by atoms with Crippen LogP contribution in [-0.4, -0.2) is 25.3 Å². The second-order valence-corrected chi connectivity index (χ2v) is 8.79. The molecule has 3 nitrogen and oxygen atoms in total. The van der Waals surface area contributed by atoms with Gasteiger partial charge in [-0.1, -0.05) is 19.6 Å². The van der Waals surface area contributed by atoms with Crippen LogP contribution in [-0.2, 0) is 0 Å². The molecule has 1 aromatic heterocycles. The van der Waals surface area contributed by atoms with Crippen molar-refractivity contribution in [3.8, 4) is 0 Å². The highest BCUT2D eigenvalue weighted by Crippen LogP contribution is 2.12. The summed E-state index contributed by atoms with van der Waals surface area (Å²) in [5.41, 5.74) is 0. The van der Waals surface area contributed by atoms with Crippen LogP contribution < -0.4 is 4.57 Å². The van der Waals surface area contributed by atoms with Gasteiger partial charge in [0.2, 0.25) is 5.95 Å². The van der Waals surface area contributed by atoms with Crippen molar-refractivity contribution in [3.05, 3.63) is 18.5 Å². The standard InChI is InChI=1S/C8H15N3Si/c1-11(12(2,3)4)8-9-6-5-7-10-8/h5-7H,1-4H3. The Morgan fingerprint density at radius 1 is 1.17 bits per heavy atom. The van der Waals surface area contributed by atoms with E-state index in [0.29, 0.717) is 0 Å². The Bertz CT molecular complexity index is 242. The zero-order valence-corrected chi connectivity index (χ0v) is 9.07. The molecule has 0 saturated heterocycles. The summed E-state index contributed by atoms with van der Waals surface area (Å²) < 4.78 is 2.19. The smallest absolute Gasteiger partial charge is 0.216 e. The lowest BCUT2D eigenvalue weighted by Crippen LogP contribution is -2.44. The fourth-order valence-corrected chi connectivity index (χ4v) is 1.48. The summed E-state index contributed by atoms with van der Waals surface area (Å²) >= 11 is 0. The fourth-order valence-electron chi connectivity index (χ4n) is 0.764. The van der Waals surface area contributed by atoms with Crippen LogP contribution in [0.2, 0.25) is 19.6 Å². The minimum Gasteiger partial charge on any atom is -0.371 e. The number of rotatable bonds is 2. The molecule has 0 N–H and O–H groups in total. The van der Waals surface area contributed by atoms with E-state index in [1.54, 1.807) is 12.4 Å². The average molecular weight is 181 g/mol. The lowest BCUT2D eigenvalue weighted by molar-refractivity contribution is 1.06. The van der Waals surface area contributed by atoms with Crippen LogP contribution >= 0.6 is 0 Å². The summed E-state index contributed by atoms with van der Waals surface area (Å²) in [6.45, 7) is 6.80. The third-order valence-corrected chi connectivity index (χ3v) is 4.07. The van der Waals surface area contributed by atoms with Gasteiger partial charge >= 0.3 is 0 Å². The molecular formula is C8H15N3Si. The molecule has 0 amide bonds. The average Bonchev–Trinajstić information content (AvgIpc) is 2.03. The van der Waals surface area contributed by atoms with Crippen molar-refractivity contribution in [1.82, 2.24) is 9.97 Å². The molecule has 0 radical (unpaired) electrons. The normalized spacial score (nSPS) is 11.3. The first kappa shape index (κ1) is 9.19. The van der Waals surface area contributed by atoms with E-state index >= 15 is 0 Å². The van der Waals surface area contributed by atoms with Crippen molar-refractivity contribution >= 4 is 14.2 Å². The molecule has 0 aliphatic heterocycles. The summed E-state index contributed by atoms with van der Waals surface area (Å²) in [6.07, 6.45) is 3.55. The molecule has 66 valence electrons. The number of nitrogens with zero attached hydrogens (tertiary/aromatic N) is 3. The van der Waals surface area contributed by atoms with Crippen LogP contribution in [0.4, 0.5) is 5.95 Å². The van der Waals surface area contributed by atoms with Crippen molar-refractivity contribution < 1.29 is 0 Å². The van der Waals surface area contributed by atoms with Gasteiger partial charge in [-0.25, -0.2) is 9.97 Å². The van der Waals surface area contributed by atoms with Crippen molar-refractivity contribution in [2.24, 2.45) is 0 Å². The van der Waals surface area contributed by atoms with Crippen LogP contribution in [0.25, 0.3) is 0 Å². The highest BCUT2D eigenvalue weighted by molar-refractivity contribution is 6.79. The maximum Gasteiger partial charge on any atom is 0.216 e. The first-order valence-corrected chi connectivity index (χ1v) is 7.47. The van der Waals surface area contributed by atoms with Gasteiger partial charge in [-0.2, -0.15) is 0 Å². The summed E-state index contributed by atoms with van der Waals surface area (Å²) in [4.78, 5) is 8.39. The Morgan fingerprint density at radius 3 is 2.08 bits per heavy atom. The van der Waals surface area contributed by atoms with E-state index in [-0.39, 0.29) is 0 Å². The molecule has 0 unspecified atom stereocenters. The Kier molecular flexibility index (Phi) is 2.47. The van der Waals surface area contributed by atoms with Crippen LogP contribution in [0.5, 0.6) is 0 Å². The zero-order chi connectivity index (χ0) is 9.19. The quantitative estimate of drug-likeness (QED) is 0.651. The van der Waals surface area contributed by atoms with Gasteiger partial charge in [0.25, 0.3) is 0 Å². The minimum absolute atomic E-state index is 0.830. The molecule has 0 spiro atoms. The lowest BCUT2D eigenvalue weighted by atomic mass is 10.7. The molecule has 0 fully saturated rings. The van der Waals surface area contributed by atoms with Gasteiger partial charge in [0.05, 0.1) is 0 Å². The summed E-state index contributed by atoms with van der Waals surface area (Å²) in [5.74, 6) is 0.830. The molecule has 0 atom stereocenters. The third-order valence-electron chi connectivity index (χ3n) is 1.86.